The molecule has 54 heavy (non-hydrogen) atoms. The molecule has 5 amide bonds. The Morgan fingerprint density at radius 3 is 2.13 bits per heavy atom. The number of aliphatic hydroxyl groups excluding tert-OH is 1. The van der Waals surface area contributed by atoms with Gasteiger partial charge in [-0.2, -0.15) is 5.10 Å². The van der Waals surface area contributed by atoms with E-state index in [4.69, 9.17) is 4.74 Å². The van der Waals surface area contributed by atoms with E-state index < -0.39 is 59.4 Å². The molecule has 0 spiro atoms. The molecule has 0 bridgehead atoms. The Labute approximate surface area is 320 Å². The Bertz CT molecular complexity index is 1520. The first-order valence-corrected chi connectivity index (χ1v) is 19.0. The van der Waals surface area contributed by atoms with Crippen molar-refractivity contribution in [3.63, 3.8) is 0 Å². The maximum Gasteiger partial charge on any atom is 0.429 e. The Hall–Kier alpha value is -4.53. The molecule has 0 aromatic carbocycles. The van der Waals surface area contributed by atoms with Crippen molar-refractivity contribution in [2.45, 2.75) is 139 Å². The number of nitrogens with zero attached hydrogens (tertiary/aromatic N) is 4. The highest BCUT2D eigenvalue weighted by atomic mass is 16.6. The van der Waals surface area contributed by atoms with Crippen LogP contribution in [0.15, 0.2) is 30.6 Å². The van der Waals surface area contributed by atoms with E-state index in [0.717, 1.165) is 22.0 Å². The lowest BCUT2D eigenvalue weighted by molar-refractivity contribution is -0.132. The first-order chi connectivity index (χ1) is 25.2. The van der Waals surface area contributed by atoms with Crippen molar-refractivity contribution in [1.29, 1.82) is 0 Å². The van der Waals surface area contributed by atoms with E-state index in [1.807, 2.05) is 54.5 Å². The maximum atomic E-state index is 13.4. The molecule has 2 heterocycles. The van der Waals surface area contributed by atoms with E-state index in [1.165, 1.54) is 0 Å². The topological polar surface area (TPSA) is 197 Å². The molecule has 0 aliphatic heterocycles. The number of carbonyl (C=O) groups excluding carboxylic acids is 5. The van der Waals surface area contributed by atoms with Gasteiger partial charge in [-0.05, 0) is 89.5 Å². The van der Waals surface area contributed by atoms with Gasteiger partial charge in [-0.1, -0.05) is 41.5 Å². The fraction of sp³-hybridized carbons (Fsp3) is 0.667. The second-order valence-corrected chi connectivity index (χ2v) is 15.9. The summed E-state index contributed by atoms with van der Waals surface area (Å²) in [4.78, 5) is 70.2. The Morgan fingerprint density at radius 1 is 0.944 bits per heavy atom. The molecule has 2 rings (SSSR count). The van der Waals surface area contributed by atoms with Crippen LogP contribution < -0.4 is 21.4 Å². The highest BCUT2D eigenvalue weighted by Gasteiger charge is 2.31. The van der Waals surface area contributed by atoms with Crippen LogP contribution in [0.5, 0.6) is 0 Å². The van der Waals surface area contributed by atoms with Crippen molar-refractivity contribution in [2.75, 3.05) is 6.54 Å². The van der Waals surface area contributed by atoms with Crippen molar-refractivity contribution < 1.29 is 33.8 Å². The normalized spacial score (nSPS) is 14.4. The van der Waals surface area contributed by atoms with Crippen LogP contribution in [0, 0.1) is 37.5 Å². The van der Waals surface area contributed by atoms with Crippen LogP contribution in [0.2, 0.25) is 0 Å². The summed E-state index contributed by atoms with van der Waals surface area (Å²) in [7, 11) is 0. The zero-order chi connectivity index (χ0) is 40.7. The Balaban J connectivity index is 2.07. The molecule has 0 fully saturated rings. The zero-order valence-electron chi connectivity index (χ0n) is 34.1. The number of aromatic nitrogens is 3. The fourth-order valence-electron chi connectivity index (χ4n) is 5.78. The minimum Gasteiger partial charge on any atom is -0.442 e. The van der Waals surface area contributed by atoms with Gasteiger partial charge in [0.1, 0.15) is 11.6 Å². The Morgan fingerprint density at radius 2 is 1.59 bits per heavy atom. The summed E-state index contributed by atoms with van der Waals surface area (Å²) in [5.74, 6) is -2.88. The molecule has 0 radical (unpaired) electrons. The first-order valence-electron chi connectivity index (χ1n) is 19.0. The minimum absolute atomic E-state index is 0.0285. The van der Waals surface area contributed by atoms with Gasteiger partial charge in [-0.25, -0.2) is 9.80 Å². The first kappa shape index (κ1) is 45.6. The van der Waals surface area contributed by atoms with Gasteiger partial charge >= 0.3 is 6.09 Å². The van der Waals surface area contributed by atoms with Crippen LogP contribution in [-0.4, -0.2) is 84.9 Å². The SMILES string of the molecule is CCC(Cn1nc(C)cc1C)C(=O)NN(CCC(=O)NC(CC(C)C)C(O)CC(C)C(=O)NC(C(=O)NCc1ccncc1)C(C)C)C(=O)OC(C)(C)C. The molecule has 5 unspecified atom stereocenters. The number of pyridine rings is 1. The summed E-state index contributed by atoms with van der Waals surface area (Å²) >= 11 is 0. The van der Waals surface area contributed by atoms with Crippen molar-refractivity contribution in [3.05, 3.63) is 47.5 Å². The van der Waals surface area contributed by atoms with Crippen LogP contribution in [0.25, 0.3) is 0 Å². The second kappa shape index (κ2) is 21.4. The lowest BCUT2D eigenvalue weighted by Gasteiger charge is -2.30. The predicted octanol–water partition coefficient (Wildman–Crippen LogP) is 3.95. The van der Waals surface area contributed by atoms with Crippen molar-refractivity contribution in [1.82, 2.24) is 41.1 Å². The second-order valence-electron chi connectivity index (χ2n) is 15.9. The summed E-state index contributed by atoms with van der Waals surface area (Å²) in [5.41, 5.74) is 4.42. The zero-order valence-corrected chi connectivity index (χ0v) is 34.1. The average Bonchev–Trinajstić information content (AvgIpc) is 3.40. The van der Waals surface area contributed by atoms with E-state index in [1.54, 1.807) is 56.9 Å². The standard InChI is InChI=1S/C39H64N8O7/c1-12-30(23-47-28(8)21-27(7)44-47)36(51)45-46(38(53)54-39(9,10)11)18-15-33(49)42-31(19-24(2)3)32(48)20-26(6)35(50)43-34(25(4)5)37(52)41-22-29-13-16-40-17-14-29/h13-14,16-17,21,24-26,30-32,34,48H,12,15,18-20,22-23H2,1-11H3,(H,41,52)(H,42,49)(H,43,50)(H,45,51). The maximum absolute atomic E-state index is 13.4. The van der Waals surface area contributed by atoms with Gasteiger partial charge in [0.15, 0.2) is 0 Å². The number of ether oxygens (including phenoxy) is 1. The largest absolute Gasteiger partial charge is 0.442 e. The number of carbonyl (C=O) groups is 5. The smallest absolute Gasteiger partial charge is 0.429 e. The van der Waals surface area contributed by atoms with E-state index in [9.17, 15) is 29.1 Å². The van der Waals surface area contributed by atoms with E-state index in [0.29, 0.717) is 19.4 Å². The number of hydrogen-bond donors (Lipinski definition) is 5. The van der Waals surface area contributed by atoms with Crippen molar-refractivity contribution in [3.8, 4) is 0 Å². The monoisotopic (exact) mass is 756 g/mol. The van der Waals surface area contributed by atoms with Gasteiger partial charge in [-0.3, -0.25) is 34.3 Å². The molecule has 2 aromatic rings. The number of hydrogen-bond acceptors (Lipinski definition) is 9. The molecule has 2 aromatic heterocycles. The molecule has 0 aliphatic carbocycles. The molecule has 5 N–H and O–H groups in total. The predicted molar refractivity (Wildman–Crippen MR) is 205 cm³/mol. The van der Waals surface area contributed by atoms with Crippen LogP contribution in [0.3, 0.4) is 0 Å². The van der Waals surface area contributed by atoms with Crippen molar-refractivity contribution in [2.24, 2.45) is 23.7 Å². The number of hydrazine groups is 1. The molecule has 5 atom stereocenters. The summed E-state index contributed by atoms with van der Waals surface area (Å²) in [6, 6.07) is 4.02. The molecular weight excluding hydrogens is 692 g/mol. The summed E-state index contributed by atoms with van der Waals surface area (Å²) in [6.07, 6.45) is 2.11. The highest BCUT2D eigenvalue weighted by Crippen LogP contribution is 2.18. The minimum atomic E-state index is -1.09. The van der Waals surface area contributed by atoms with Gasteiger partial charge < -0.3 is 25.8 Å². The molecule has 15 nitrogen and oxygen atoms in total. The lowest BCUT2D eigenvalue weighted by atomic mass is 9.92. The summed E-state index contributed by atoms with van der Waals surface area (Å²) < 4.78 is 7.29. The summed E-state index contributed by atoms with van der Waals surface area (Å²) in [6.45, 7) is 20.4. The van der Waals surface area contributed by atoms with E-state index in [-0.39, 0.29) is 43.7 Å². The van der Waals surface area contributed by atoms with Crippen LogP contribution in [0.1, 0.15) is 105 Å². The molecule has 0 saturated carbocycles. The number of aryl methyl sites for hydroxylation is 2. The molecule has 0 aliphatic rings. The molecular formula is C39H64N8O7. The third kappa shape index (κ3) is 15.8. The summed E-state index contributed by atoms with van der Waals surface area (Å²) in [5, 5.41) is 25.3. The number of rotatable bonds is 19. The highest BCUT2D eigenvalue weighted by molar-refractivity contribution is 5.88. The molecule has 15 heteroatoms. The van der Waals surface area contributed by atoms with Gasteiger partial charge in [0, 0.05) is 37.0 Å². The molecule has 0 saturated heterocycles. The van der Waals surface area contributed by atoms with Gasteiger partial charge in [0.25, 0.3) is 0 Å². The number of aliphatic hydroxyl groups is 1. The third-order valence-electron chi connectivity index (χ3n) is 8.82. The molecule has 302 valence electrons. The van der Waals surface area contributed by atoms with Crippen LogP contribution in [-0.2, 0) is 37.0 Å². The van der Waals surface area contributed by atoms with Crippen molar-refractivity contribution >= 4 is 29.7 Å². The number of amides is 5. The average molecular weight is 757 g/mol. The third-order valence-corrected chi connectivity index (χ3v) is 8.82. The quantitative estimate of drug-likeness (QED) is 0.132. The van der Waals surface area contributed by atoms with Crippen LogP contribution in [0.4, 0.5) is 4.79 Å². The van der Waals surface area contributed by atoms with E-state index >= 15 is 0 Å². The van der Waals surface area contributed by atoms with Gasteiger partial charge in [0.2, 0.25) is 23.6 Å². The fourth-order valence-corrected chi connectivity index (χ4v) is 5.78. The Kier molecular flexibility index (Phi) is 18.1. The number of nitrogens with one attached hydrogen (secondary N) is 4. The van der Waals surface area contributed by atoms with E-state index in [2.05, 4.69) is 31.5 Å². The van der Waals surface area contributed by atoms with Crippen LogP contribution >= 0.6 is 0 Å². The van der Waals surface area contributed by atoms with Gasteiger partial charge in [0.05, 0.1) is 36.8 Å². The lowest BCUT2D eigenvalue weighted by Crippen LogP contribution is -2.52. The van der Waals surface area contributed by atoms with Gasteiger partial charge in [-0.15, -0.1) is 0 Å².